The van der Waals surface area contributed by atoms with E-state index in [0.29, 0.717) is 15.9 Å². The summed E-state index contributed by atoms with van der Waals surface area (Å²) in [5.41, 5.74) is -0.286. The number of H-pyrrole nitrogens is 1. The van der Waals surface area contributed by atoms with Crippen molar-refractivity contribution in [3.63, 3.8) is 0 Å². The third kappa shape index (κ3) is 2.09. The second-order valence-corrected chi connectivity index (χ2v) is 3.99. The highest BCUT2D eigenvalue weighted by Gasteiger charge is 2.12. The second kappa shape index (κ2) is 4.10. The number of benzene rings is 1. The molecule has 6 heteroatoms. The van der Waals surface area contributed by atoms with Crippen LogP contribution in [0.4, 0.5) is 5.69 Å². The van der Waals surface area contributed by atoms with Crippen molar-refractivity contribution in [2.45, 2.75) is 6.92 Å². The number of hydrogen-bond donors (Lipinski definition) is 3. The van der Waals surface area contributed by atoms with Crippen molar-refractivity contribution >= 4 is 34.1 Å². The van der Waals surface area contributed by atoms with Crippen molar-refractivity contribution in [2.24, 2.45) is 0 Å². The van der Waals surface area contributed by atoms with Gasteiger partial charge in [-0.3, -0.25) is 9.59 Å². The topological polar surface area (TPSA) is 82.2 Å². The van der Waals surface area contributed by atoms with Crippen LogP contribution in [0.15, 0.2) is 23.0 Å². The molecule has 0 radical (unpaired) electrons. The van der Waals surface area contributed by atoms with Crippen LogP contribution < -0.4 is 10.9 Å². The molecule has 0 atom stereocenters. The molecule has 0 aliphatic carbocycles. The molecule has 5 nitrogen and oxygen atoms in total. The molecule has 0 spiro atoms. The number of halogens is 1. The fourth-order valence-electron chi connectivity index (χ4n) is 1.54. The molecule has 0 fully saturated rings. The highest BCUT2D eigenvalue weighted by molar-refractivity contribution is 6.31. The number of anilines is 1. The SMILES string of the molecule is CC(=O)Nc1c(O)c2cc(Cl)ccc2[nH]c1=O. The second-order valence-electron chi connectivity index (χ2n) is 3.55. The van der Waals surface area contributed by atoms with Crippen molar-refractivity contribution in [3.05, 3.63) is 33.6 Å². The van der Waals surface area contributed by atoms with Gasteiger partial charge in [0, 0.05) is 17.3 Å². The Balaban J connectivity index is 2.77. The Morgan fingerprint density at radius 1 is 1.47 bits per heavy atom. The molecule has 0 saturated carbocycles. The van der Waals surface area contributed by atoms with Crippen molar-refractivity contribution in [1.82, 2.24) is 4.98 Å². The van der Waals surface area contributed by atoms with E-state index in [-0.39, 0.29) is 11.4 Å². The van der Waals surface area contributed by atoms with E-state index < -0.39 is 11.5 Å². The van der Waals surface area contributed by atoms with Crippen molar-refractivity contribution < 1.29 is 9.90 Å². The van der Waals surface area contributed by atoms with Crippen LogP contribution in [-0.4, -0.2) is 16.0 Å². The molecular formula is C11H9ClN2O3. The van der Waals surface area contributed by atoms with Gasteiger partial charge in [-0.1, -0.05) is 11.6 Å². The lowest BCUT2D eigenvalue weighted by Crippen LogP contribution is -2.17. The maximum Gasteiger partial charge on any atom is 0.276 e. The highest BCUT2D eigenvalue weighted by atomic mass is 35.5. The molecular weight excluding hydrogens is 244 g/mol. The molecule has 3 N–H and O–H groups in total. The van der Waals surface area contributed by atoms with Crippen LogP contribution in [0.2, 0.25) is 5.02 Å². The maximum atomic E-state index is 11.6. The predicted octanol–water partition coefficient (Wildman–Crippen LogP) is 1.85. The van der Waals surface area contributed by atoms with Crippen LogP contribution in [0, 0.1) is 0 Å². The van der Waals surface area contributed by atoms with Gasteiger partial charge in [0.05, 0.1) is 5.52 Å². The number of nitrogens with one attached hydrogen (secondary N) is 2. The van der Waals surface area contributed by atoms with Gasteiger partial charge in [0.25, 0.3) is 5.56 Å². The molecule has 1 aromatic heterocycles. The van der Waals surface area contributed by atoms with E-state index in [4.69, 9.17) is 11.6 Å². The smallest absolute Gasteiger partial charge is 0.276 e. The van der Waals surface area contributed by atoms with Crippen LogP contribution >= 0.6 is 11.6 Å². The van der Waals surface area contributed by atoms with E-state index in [1.807, 2.05) is 0 Å². The maximum absolute atomic E-state index is 11.6. The third-order valence-corrected chi connectivity index (χ3v) is 2.48. The minimum absolute atomic E-state index is 0.174. The first-order valence-corrected chi connectivity index (χ1v) is 5.19. The van der Waals surface area contributed by atoms with E-state index in [1.54, 1.807) is 12.1 Å². The fourth-order valence-corrected chi connectivity index (χ4v) is 1.71. The summed E-state index contributed by atoms with van der Waals surface area (Å²) < 4.78 is 0. The van der Waals surface area contributed by atoms with Gasteiger partial charge in [0.15, 0.2) is 5.75 Å². The average Bonchev–Trinajstić information content (AvgIpc) is 2.25. The monoisotopic (exact) mass is 252 g/mol. The van der Waals surface area contributed by atoms with Gasteiger partial charge in [-0.05, 0) is 18.2 Å². The molecule has 0 unspecified atom stereocenters. The normalized spacial score (nSPS) is 10.5. The largest absolute Gasteiger partial charge is 0.505 e. The lowest BCUT2D eigenvalue weighted by atomic mass is 10.2. The molecule has 0 bridgehead atoms. The van der Waals surface area contributed by atoms with Crippen LogP contribution in [-0.2, 0) is 4.79 Å². The van der Waals surface area contributed by atoms with Gasteiger partial charge in [0.2, 0.25) is 5.91 Å². The molecule has 1 aromatic carbocycles. The van der Waals surface area contributed by atoms with Crippen molar-refractivity contribution in [3.8, 4) is 5.75 Å². The summed E-state index contributed by atoms with van der Waals surface area (Å²) >= 11 is 5.80. The Kier molecular flexibility index (Phi) is 2.77. The van der Waals surface area contributed by atoms with Crippen LogP contribution in [0.5, 0.6) is 5.75 Å². The van der Waals surface area contributed by atoms with E-state index in [1.165, 1.54) is 13.0 Å². The Bertz CT molecular complexity index is 664. The van der Waals surface area contributed by atoms with Crippen LogP contribution in [0.3, 0.4) is 0 Å². The summed E-state index contributed by atoms with van der Waals surface area (Å²) in [6.45, 7) is 1.25. The van der Waals surface area contributed by atoms with Crippen molar-refractivity contribution in [2.75, 3.05) is 5.32 Å². The molecule has 88 valence electrons. The molecule has 2 aromatic rings. The quantitative estimate of drug-likeness (QED) is 0.724. The van der Waals surface area contributed by atoms with Gasteiger partial charge in [0.1, 0.15) is 5.69 Å². The number of fused-ring (bicyclic) bond motifs is 1. The lowest BCUT2D eigenvalue weighted by molar-refractivity contribution is -0.114. The first kappa shape index (κ1) is 11.5. The van der Waals surface area contributed by atoms with E-state index in [2.05, 4.69) is 10.3 Å². The number of amides is 1. The summed E-state index contributed by atoms with van der Waals surface area (Å²) in [6.07, 6.45) is 0. The number of carbonyl (C=O) groups excluding carboxylic acids is 1. The van der Waals surface area contributed by atoms with E-state index in [9.17, 15) is 14.7 Å². The zero-order valence-corrected chi connectivity index (χ0v) is 9.63. The molecule has 1 heterocycles. The van der Waals surface area contributed by atoms with E-state index in [0.717, 1.165) is 0 Å². The first-order chi connectivity index (χ1) is 7.99. The molecule has 0 saturated heterocycles. The first-order valence-electron chi connectivity index (χ1n) is 4.81. The average molecular weight is 253 g/mol. The number of hydrogen-bond acceptors (Lipinski definition) is 3. The molecule has 1 amide bonds. The van der Waals surface area contributed by atoms with Gasteiger partial charge in [-0.2, -0.15) is 0 Å². The third-order valence-electron chi connectivity index (χ3n) is 2.25. The number of aromatic amines is 1. The summed E-state index contributed by atoms with van der Waals surface area (Å²) in [5.74, 6) is -0.728. The number of aromatic hydroxyl groups is 1. The predicted molar refractivity (Wildman–Crippen MR) is 65.5 cm³/mol. The minimum atomic E-state index is -0.562. The van der Waals surface area contributed by atoms with Gasteiger partial charge in [-0.25, -0.2) is 0 Å². The Morgan fingerprint density at radius 2 is 2.18 bits per heavy atom. The van der Waals surface area contributed by atoms with Gasteiger partial charge in [-0.15, -0.1) is 0 Å². The van der Waals surface area contributed by atoms with Crippen LogP contribution in [0.25, 0.3) is 10.9 Å². The summed E-state index contributed by atoms with van der Waals surface area (Å²) in [5, 5.41) is 13.0. The van der Waals surface area contributed by atoms with E-state index >= 15 is 0 Å². The molecule has 2 rings (SSSR count). The molecule has 17 heavy (non-hydrogen) atoms. The molecule has 0 aliphatic heterocycles. The van der Waals surface area contributed by atoms with Gasteiger partial charge >= 0.3 is 0 Å². The van der Waals surface area contributed by atoms with Crippen LogP contribution in [0.1, 0.15) is 6.92 Å². The number of pyridine rings is 1. The zero-order chi connectivity index (χ0) is 12.6. The summed E-state index contributed by atoms with van der Waals surface area (Å²) in [7, 11) is 0. The standard InChI is InChI=1S/C11H9ClN2O3/c1-5(15)13-9-10(16)7-4-6(12)2-3-8(7)14-11(9)17/h2-4H,1H3,(H,13,15)(H2,14,16,17). The number of carbonyl (C=O) groups is 1. The number of aromatic nitrogens is 1. The lowest BCUT2D eigenvalue weighted by Gasteiger charge is -2.07. The molecule has 0 aliphatic rings. The summed E-state index contributed by atoms with van der Waals surface area (Å²) in [4.78, 5) is 25.1. The fraction of sp³-hybridized carbons (Fsp3) is 0.0909. The van der Waals surface area contributed by atoms with Crippen molar-refractivity contribution in [1.29, 1.82) is 0 Å². The van der Waals surface area contributed by atoms with Gasteiger partial charge < -0.3 is 15.4 Å². The Hall–Kier alpha value is -2.01. The Morgan fingerprint density at radius 3 is 2.82 bits per heavy atom. The number of rotatable bonds is 1. The minimum Gasteiger partial charge on any atom is -0.505 e. The highest BCUT2D eigenvalue weighted by Crippen LogP contribution is 2.30. The zero-order valence-electron chi connectivity index (χ0n) is 8.87. The Labute approximate surface area is 101 Å². The summed E-state index contributed by atoms with van der Waals surface area (Å²) in [6, 6.07) is 4.68.